The van der Waals surface area contributed by atoms with Crippen LogP contribution in [0.1, 0.15) is 18.9 Å². The molecule has 0 aromatic heterocycles. The second-order valence-corrected chi connectivity index (χ2v) is 6.42. The lowest BCUT2D eigenvalue weighted by atomic mass is 10.2. The largest absolute Gasteiger partial charge is 0.345 e. The summed E-state index contributed by atoms with van der Waals surface area (Å²) in [6.45, 7) is 1.79. The Morgan fingerprint density at radius 1 is 1.04 bits per heavy atom. The van der Waals surface area contributed by atoms with Crippen LogP contribution in [0.5, 0.6) is 0 Å². The van der Waals surface area contributed by atoms with Crippen molar-refractivity contribution in [2.75, 3.05) is 17.6 Å². The lowest BCUT2D eigenvalue weighted by Gasteiger charge is -2.02. The molecule has 0 spiro atoms. The minimum absolute atomic E-state index is 0.00117. The molecule has 128 valence electrons. The molecule has 2 rings (SSSR count). The third kappa shape index (κ3) is 7.60. The van der Waals surface area contributed by atoms with Gasteiger partial charge in [0.2, 0.25) is 11.8 Å². The van der Waals surface area contributed by atoms with E-state index in [1.807, 2.05) is 42.5 Å². The third-order valence-corrected chi connectivity index (χ3v) is 4.17. The molecular formula is C20H20N2O2S. The normalized spacial score (nSPS) is 9.64. The number of hydrogen-bond donors (Lipinski definition) is 2. The first kappa shape index (κ1) is 18.6. The molecule has 2 amide bonds. The second-order valence-electron chi connectivity index (χ2n) is 5.25. The maximum absolute atomic E-state index is 11.8. The summed E-state index contributed by atoms with van der Waals surface area (Å²) in [5.41, 5.74) is 1.57. The van der Waals surface area contributed by atoms with Gasteiger partial charge in [-0.15, -0.1) is 11.8 Å². The standard InChI is InChI=1S/C20H20N2O2S/c1-16(23)22-18-11-9-17(10-12-18)6-5-14-21-20(24)13-15-25-19-7-3-2-4-8-19/h2-4,7-12H,13-15H2,1H3,(H,21,24)(H,22,23). The molecule has 0 aliphatic heterocycles. The van der Waals surface area contributed by atoms with Crippen LogP contribution in [0.2, 0.25) is 0 Å². The molecule has 4 nitrogen and oxygen atoms in total. The van der Waals surface area contributed by atoms with Gasteiger partial charge in [0.15, 0.2) is 0 Å². The van der Waals surface area contributed by atoms with Gasteiger partial charge >= 0.3 is 0 Å². The quantitative estimate of drug-likeness (QED) is 0.619. The zero-order chi connectivity index (χ0) is 17.9. The van der Waals surface area contributed by atoms with Crippen LogP contribution in [0.15, 0.2) is 59.5 Å². The fourth-order valence-electron chi connectivity index (χ4n) is 2.00. The summed E-state index contributed by atoms with van der Waals surface area (Å²) in [5.74, 6) is 6.54. The smallest absolute Gasteiger partial charge is 0.221 e. The number of benzene rings is 2. The van der Waals surface area contributed by atoms with Gasteiger partial charge in [-0.05, 0) is 36.4 Å². The summed E-state index contributed by atoms with van der Waals surface area (Å²) in [6, 6.07) is 17.3. The van der Waals surface area contributed by atoms with Crippen LogP contribution in [0.4, 0.5) is 5.69 Å². The highest BCUT2D eigenvalue weighted by Gasteiger charge is 2.00. The average Bonchev–Trinajstić information content (AvgIpc) is 2.60. The Morgan fingerprint density at radius 3 is 2.44 bits per heavy atom. The molecule has 5 heteroatoms. The van der Waals surface area contributed by atoms with E-state index in [9.17, 15) is 9.59 Å². The summed E-state index contributed by atoms with van der Waals surface area (Å²) in [6.07, 6.45) is 0.465. The first-order valence-corrected chi connectivity index (χ1v) is 8.93. The molecule has 0 fully saturated rings. The van der Waals surface area contributed by atoms with E-state index in [0.29, 0.717) is 13.0 Å². The first-order valence-electron chi connectivity index (χ1n) is 7.94. The first-order chi connectivity index (χ1) is 12.1. The summed E-state index contributed by atoms with van der Waals surface area (Å²) in [5, 5.41) is 5.49. The Bertz CT molecular complexity index is 762. The van der Waals surface area contributed by atoms with Gasteiger partial charge in [0.1, 0.15) is 0 Å². The molecule has 0 bridgehead atoms. The molecular weight excluding hydrogens is 332 g/mol. The predicted octanol–water partition coefficient (Wildman–Crippen LogP) is 3.30. The SMILES string of the molecule is CC(=O)Nc1ccc(C#CCNC(=O)CCSc2ccccc2)cc1. The summed E-state index contributed by atoms with van der Waals surface area (Å²) in [4.78, 5) is 23.9. The Labute approximate surface area is 152 Å². The van der Waals surface area contributed by atoms with E-state index in [2.05, 4.69) is 22.5 Å². The molecule has 0 atom stereocenters. The number of hydrogen-bond acceptors (Lipinski definition) is 3. The van der Waals surface area contributed by atoms with Gasteiger partial charge in [-0.1, -0.05) is 30.0 Å². The maximum Gasteiger partial charge on any atom is 0.221 e. The Hall–Kier alpha value is -2.71. The van der Waals surface area contributed by atoms with Crippen LogP contribution in [-0.4, -0.2) is 24.1 Å². The molecule has 0 saturated carbocycles. The van der Waals surface area contributed by atoms with Crippen LogP contribution in [0.25, 0.3) is 0 Å². The van der Waals surface area contributed by atoms with Gasteiger partial charge in [0.05, 0.1) is 6.54 Å². The van der Waals surface area contributed by atoms with E-state index >= 15 is 0 Å². The molecule has 0 saturated heterocycles. The highest BCUT2D eigenvalue weighted by molar-refractivity contribution is 7.99. The molecule has 0 radical (unpaired) electrons. The highest BCUT2D eigenvalue weighted by Crippen LogP contribution is 2.17. The fourth-order valence-corrected chi connectivity index (χ4v) is 2.87. The van der Waals surface area contributed by atoms with Crippen molar-refractivity contribution in [3.05, 3.63) is 60.2 Å². The van der Waals surface area contributed by atoms with E-state index in [1.165, 1.54) is 6.92 Å². The zero-order valence-electron chi connectivity index (χ0n) is 14.0. The topological polar surface area (TPSA) is 58.2 Å². The molecule has 0 aliphatic carbocycles. The van der Waals surface area contributed by atoms with Gasteiger partial charge < -0.3 is 10.6 Å². The monoisotopic (exact) mass is 352 g/mol. The van der Waals surface area contributed by atoms with Crippen molar-refractivity contribution >= 4 is 29.3 Å². The molecule has 2 aromatic rings. The van der Waals surface area contributed by atoms with Crippen LogP contribution >= 0.6 is 11.8 Å². The molecule has 2 aromatic carbocycles. The minimum atomic E-state index is -0.105. The van der Waals surface area contributed by atoms with E-state index < -0.39 is 0 Å². The van der Waals surface area contributed by atoms with E-state index in [0.717, 1.165) is 21.9 Å². The average molecular weight is 352 g/mol. The van der Waals surface area contributed by atoms with Gasteiger partial charge in [0, 0.05) is 35.2 Å². The lowest BCUT2D eigenvalue weighted by molar-refractivity contribution is -0.120. The van der Waals surface area contributed by atoms with Crippen molar-refractivity contribution in [2.45, 2.75) is 18.2 Å². The number of thioether (sulfide) groups is 1. The lowest BCUT2D eigenvalue weighted by Crippen LogP contribution is -2.23. The van der Waals surface area contributed by atoms with Gasteiger partial charge in [-0.25, -0.2) is 0 Å². The summed E-state index contributed by atoms with van der Waals surface area (Å²) >= 11 is 1.66. The molecule has 25 heavy (non-hydrogen) atoms. The fraction of sp³-hybridized carbons (Fsp3) is 0.200. The number of carbonyl (C=O) groups excluding carboxylic acids is 2. The molecule has 0 unspecified atom stereocenters. The molecule has 2 N–H and O–H groups in total. The second kappa shape index (κ2) is 10.2. The number of anilines is 1. The third-order valence-electron chi connectivity index (χ3n) is 3.15. The Kier molecular flexibility index (Phi) is 7.61. The Morgan fingerprint density at radius 2 is 1.76 bits per heavy atom. The van der Waals surface area contributed by atoms with Crippen molar-refractivity contribution in [3.8, 4) is 11.8 Å². The van der Waals surface area contributed by atoms with Gasteiger partial charge in [-0.3, -0.25) is 9.59 Å². The van der Waals surface area contributed by atoms with Crippen molar-refractivity contribution in [1.82, 2.24) is 5.32 Å². The van der Waals surface area contributed by atoms with Crippen molar-refractivity contribution in [2.24, 2.45) is 0 Å². The van der Waals surface area contributed by atoms with Crippen LogP contribution in [-0.2, 0) is 9.59 Å². The number of amides is 2. The Balaban J connectivity index is 1.67. The minimum Gasteiger partial charge on any atom is -0.345 e. The van der Waals surface area contributed by atoms with Crippen LogP contribution in [0.3, 0.4) is 0 Å². The number of carbonyl (C=O) groups is 2. The maximum atomic E-state index is 11.8. The van der Waals surface area contributed by atoms with Crippen molar-refractivity contribution < 1.29 is 9.59 Å². The van der Waals surface area contributed by atoms with Gasteiger partial charge in [0.25, 0.3) is 0 Å². The van der Waals surface area contributed by atoms with Gasteiger partial charge in [-0.2, -0.15) is 0 Å². The van der Waals surface area contributed by atoms with Crippen LogP contribution in [0, 0.1) is 11.8 Å². The zero-order valence-corrected chi connectivity index (χ0v) is 14.9. The summed E-state index contributed by atoms with van der Waals surface area (Å²) in [7, 11) is 0. The van der Waals surface area contributed by atoms with E-state index in [1.54, 1.807) is 23.9 Å². The van der Waals surface area contributed by atoms with Crippen molar-refractivity contribution in [3.63, 3.8) is 0 Å². The number of nitrogens with one attached hydrogen (secondary N) is 2. The number of rotatable bonds is 6. The van der Waals surface area contributed by atoms with E-state index in [4.69, 9.17) is 0 Å². The summed E-state index contributed by atoms with van der Waals surface area (Å²) < 4.78 is 0. The highest BCUT2D eigenvalue weighted by atomic mass is 32.2. The van der Waals surface area contributed by atoms with Crippen molar-refractivity contribution in [1.29, 1.82) is 0 Å². The van der Waals surface area contributed by atoms with E-state index in [-0.39, 0.29) is 11.8 Å². The molecule has 0 heterocycles. The predicted molar refractivity (Wildman–Crippen MR) is 102 cm³/mol. The molecule has 0 aliphatic rings. The van der Waals surface area contributed by atoms with Crippen LogP contribution < -0.4 is 10.6 Å².